The number of hydrogen-bond acceptors (Lipinski definition) is 4. The minimum Gasteiger partial charge on any atom is -0.493 e. The van der Waals surface area contributed by atoms with Crippen LogP contribution in [-0.2, 0) is 4.74 Å². The van der Waals surface area contributed by atoms with Crippen LogP contribution in [0.1, 0.15) is 22.0 Å². The van der Waals surface area contributed by atoms with Gasteiger partial charge in [-0.3, -0.25) is 0 Å². The fourth-order valence-electron chi connectivity index (χ4n) is 2.91. The highest BCUT2D eigenvalue weighted by molar-refractivity contribution is 6.42. The van der Waals surface area contributed by atoms with Gasteiger partial charge >= 0.3 is 5.97 Å². The molecule has 3 rings (SSSR count). The van der Waals surface area contributed by atoms with Crippen molar-refractivity contribution in [2.24, 2.45) is 5.92 Å². The van der Waals surface area contributed by atoms with Crippen LogP contribution in [-0.4, -0.2) is 37.4 Å². The summed E-state index contributed by atoms with van der Waals surface area (Å²) < 4.78 is 11.9. The summed E-state index contributed by atoms with van der Waals surface area (Å²) in [4.78, 5) is 11.1. The molecule has 146 valence electrons. The van der Waals surface area contributed by atoms with Crippen molar-refractivity contribution >= 4 is 41.6 Å². The third-order valence-electron chi connectivity index (χ3n) is 4.23. The quantitative estimate of drug-likeness (QED) is 0.729. The standard InChI is InChI=1S/C19H19Cl2NO4.ClH/c20-16-5-4-12(9-17(16)21)18-14(10-22-6-7-25-18)11-26-15-3-1-2-13(8-15)19(23)24;/h1-5,8-9,14,18,22H,6-7,10-11H2,(H,23,24);1H. The van der Waals surface area contributed by atoms with Crippen LogP contribution in [0.5, 0.6) is 5.75 Å². The van der Waals surface area contributed by atoms with Gasteiger partial charge in [-0.25, -0.2) is 4.79 Å². The molecular weight excluding hydrogens is 413 g/mol. The van der Waals surface area contributed by atoms with E-state index in [4.69, 9.17) is 37.8 Å². The Balaban J connectivity index is 0.00000261. The highest BCUT2D eigenvalue weighted by Gasteiger charge is 2.27. The normalized spacial score (nSPS) is 19.6. The molecule has 0 radical (unpaired) electrons. The van der Waals surface area contributed by atoms with Gasteiger partial charge in [-0.05, 0) is 35.9 Å². The second-order valence-electron chi connectivity index (χ2n) is 6.07. The lowest BCUT2D eigenvalue weighted by molar-refractivity contribution is 0.0153. The molecule has 27 heavy (non-hydrogen) atoms. The maximum Gasteiger partial charge on any atom is 0.335 e. The molecule has 0 aliphatic carbocycles. The van der Waals surface area contributed by atoms with Crippen molar-refractivity contribution in [3.8, 4) is 5.75 Å². The van der Waals surface area contributed by atoms with Crippen LogP contribution >= 0.6 is 35.6 Å². The first-order chi connectivity index (χ1) is 12.5. The average Bonchev–Trinajstić information content (AvgIpc) is 2.88. The second-order valence-corrected chi connectivity index (χ2v) is 6.89. The minimum atomic E-state index is -0.983. The average molecular weight is 433 g/mol. The summed E-state index contributed by atoms with van der Waals surface area (Å²) in [6.07, 6.45) is -0.192. The predicted molar refractivity (Wildman–Crippen MR) is 108 cm³/mol. The topological polar surface area (TPSA) is 67.8 Å². The van der Waals surface area contributed by atoms with Gasteiger partial charge in [-0.2, -0.15) is 0 Å². The number of carboxylic acid groups (broad SMARTS) is 1. The van der Waals surface area contributed by atoms with Gasteiger partial charge in [-0.15, -0.1) is 12.4 Å². The molecule has 2 atom stereocenters. The fraction of sp³-hybridized carbons (Fsp3) is 0.316. The summed E-state index contributed by atoms with van der Waals surface area (Å²) in [6, 6.07) is 11.9. The summed E-state index contributed by atoms with van der Waals surface area (Å²) in [6.45, 7) is 2.42. The zero-order valence-electron chi connectivity index (χ0n) is 14.4. The first-order valence-corrected chi connectivity index (χ1v) is 9.03. The third-order valence-corrected chi connectivity index (χ3v) is 4.97. The van der Waals surface area contributed by atoms with E-state index >= 15 is 0 Å². The summed E-state index contributed by atoms with van der Waals surface area (Å²) >= 11 is 12.2. The smallest absolute Gasteiger partial charge is 0.335 e. The number of nitrogens with one attached hydrogen (secondary N) is 1. The van der Waals surface area contributed by atoms with Crippen LogP contribution in [0.15, 0.2) is 42.5 Å². The third kappa shape index (κ3) is 5.74. The molecule has 5 nitrogen and oxygen atoms in total. The molecule has 0 spiro atoms. The number of ether oxygens (including phenoxy) is 2. The van der Waals surface area contributed by atoms with Crippen LogP contribution in [0.25, 0.3) is 0 Å². The number of benzene rings is 2. The molecule has 0 bridgehead atoms. The second kappa shape index (κ2) is 10.2. The molecular formula is C19H20Cl3NO4. The highest BCUT2D eigenvalue weighted by Crippen LogP contribution is 2.32. The fourth-order valence-corrected chi connectivity index (χ4v) is 3.22. The summed E-state index contributed by atoms with van der Waals surface area (Å²) in [5, 5.41) is 13.4. The van der Waals surface area contributed by atoms with E-state index in [9.17, 15) is 4.79 Å². The Hall–Kier alpha value is -1.50. The van der Waals surface area contributed by atoms with Gasteiger partial charge in [0.05, 0.1) is 34.9 Å². The Bertz CT molecular complexity index is 787. The molecule has 2 N–H and O–H groups in total. The molecule has 0 saturated carbocycles. The molecule has 1 saturated heterocycles. The maximum atomic E-state index is 11.1. The summed E-state index contributed by atoms with van der Waals surface area (Å²) in [5.41, 5.74) is 1.13. The molecule has 2 unspecified atom stereocenters. The molecule has 1 aliphatic rings. The predicted octanol–water partition coefficient (Wildman–Crippen LogP) is 4.47. The van der Waals surface area contributed by atoms with Crippen molar-refractivity contribution in [2.45, 2.75) is 6.10 Å². The maximum absolute atomic E-state index is 11.1. The number of rotatable bonds is 5. The lowest BCUT2D eigenvalue weighted by Crippen LogP contribution is -2.29. The van der Waals surface area contributed by atoms with Crippen molar-refractivity contribution in [1.82, 2.24) is 5.32 Å². The number of hydrogen-bond donors (Lipinski definition) is 2. The van der Waals surface area contributed by atoms with Gasteiger partial charge in [0.1, 0.15) is 5.75 Å². The van der Waals surface area contributed by atoms with Gasteiger partial charge in [0.25, 0.3) is 0 Å². The van der Waals surface area contributed by atoms with Crippen molar-refractivity contribution in [2.75, 3.05) is 26.3 Å². The zero-order valence-corrected chi connectivity index (χ0v) is 16.7. The Labute approximate surface area is 174 Å². The Morgan fingerprint density at radius 2 is 2.04 bits per heavy atom. The van der Waals surface area contributed by atoms with E-state index in [0.717, 1.165) is 12.1 Å². The van der Waals surface area contributed by atoms with E-state index in [2.05, 4.69) is 5.32 Å². The molecule has 1 heterocycles. The van der Waals surface area contributed by atoms with Crippen LogP contribution in [0.2, 0.25) is 10.0 Å². The largest absolute Gasteiger partial charge is 0.493 e. The molecule has 2 aromatic rings. The van der Waals surface area contributed by atoms with Gasteiger partial charge in [0.2, 0.25) is 0 Å². The SMILES string of the molecule is Cl.O=C(O)c1cccc(OCC2CNCCOC2c2ccc(Cl)c(Cl)c2)c1. The van der Waals surface area contributed by atoms with Crippen molar-refractivity contribution in [1.29, 1.82) is 0 Å². The first kappa shape index (κ1) is 21.8. The number of carboxylic acids is 1. The number of aromatic carboxylic acids is 1. The summed E-state index contributed by atoms with van der Waals surface area (Å²) in [5.74, 6) is -0.436. The van der Waals surface area contributed by atoms with E-state index in [0.29, 0.717) is 35.6 Å². The Kier molecular flexibility index (Phi) is 8.20. The van der Waals surface area contributed by atoms with Gasteiger partial charge in [0, 0.05) is 19.0 Å². The van der Waals surface area contributed by atoms with Gasteiger partial charge in [-0.1, -0.05) is 35.3 Å². The van der Waals surface area contributed by atoms with E-state index in [1.807, 2.05) is 12.1 Å². The molecule has 0 aromatic heterocycles. The molecule has 2 aromatic carbocycles. The zero-order chi connectivity index (χ0) is 18.5. The molecule has 0 amide bonds. The Morgan fingerprint density at radius 3 is 2.78 bits per heavy atom. The lowest BCUT2D eigenvalue weighted by Gasteiger charge is -2.25. The highest BCUT2D eigenvalue weighted by atomic mass is 35.5. The lowest BCUT2D eigenvalue weighted by atomic mass is 9.96. The minimum absolute atomic E-state index is 0. The van der Waals surface area contributed by atoms with Crippen molar-refractivity contribution in [3.63, 3.8) is 0 Å². The van der Waals surface area contributed by atoms with E-state index in [1.165, 1.54) is 12.1 Å². The molecule has 8 heteroatoms. The molecule has 1 fully saturated rings. The monoisotopic (exact) mass is 431 g/mol. The van der Waals surface area contributed by atoms with Gasteiger partial charge < -0.3 is 19.9 Å². The van der Waals surface area contributed by atoms with E-state index < -0.39 is 5.97 Å². The Morgan fingerprint density at radius 1 is 1.22 bits per heavy atom. The number of halogens is 3. The van der Waals surface area contributed by atoms with Crippen molar-refractivity contribution < 1.29 is 19.4 Å². The van der Waals surface area contributed by atoms with Crippen molar-refractivity contribution in [3.05, 3.63) is 63.6 Å². The van der Waals surface area contributed by atoms with Gasteiger partial charge in [0.15, 0.2) is 0 Å². The van der Waals surface area contributed by atoms with Crippen LogP contribution in [0.4, 0.5) is 0 Å². The number of carbonyl (C=O) groups is 1. The first-order valence-electron chi connectivity index (χ1n) is 8.28. The van der Waals surface area contributed by atoms with E-state index in [-0.39, 0.29) is 30.0 Å². The molecule has 1 aliphatic heterocycles. The van der Waals surface area contributed by atoms with E-state index in [1.54, 1.807) is 18.2 Å². The van der Waals surface area contributed by atoms with Crippen LogP contribution < -0.4 is 10.1 Å². The van der Waals surface area contributed by atoms with Crippen LogP contribution in [0.3, 0.4) is 0 Å². The summed E-state index contributed by atoms with van der Waals surface area (Å²) in [7, 11) is 0. The van der Waals surface area contributed by atoms with Crippen LogP contribution in [0, 0.1) is 5.92 Å².